The van der Waals surface area contributed by atoms with E-state index in [1.165, 1.54) is 12.1 Å². The van der Waals surface area contributed by atoms with Crippen molar-refractivity contribution in [2.75, 3.05) is 23.4 Å². The number of nitro benzene ring substituents is 1. The molecule has 0 spiro atoms. The maximum absolute atomic E-state index is 11.2. The Morgan fingerprint density at radius 1 is 1.53 bits per heavy atom. The summed E-state index contributed by atoms with van der Waals surface area (Å²) in [5, 5.41) is 13.8. The van der Waals surface area contributed by atoms with Crippen molar-refractivity contribution >= 4 is 33.8 Å². The van der Waals surface area contributed by atoms with Crippen molar-refractivity contribution < 1.29 is 9.13 Å². The summed E-state index contributed by atoms with van der Waals surface area (Å²) in [6, 6.07) is 4.22. The number of rotatable bonds is 6. The Kier molecular flexibility index (Phi) is 5.37. The largest absolute Gasteiger partial charge is 0.383 e. The average Bonchev–Trinajstić information content (AvgIpc) is 2.30. The highest BCUT2D eigenvalue weighted by atomic mass is 35.5. The third kappa shape index (κ3) is 4.32. The molecule has 1 unspecified atom stereocenters. The first-order chi connectivity index (χ1) is 8.04. The average molecular weight is 277 g/mol. The van der Waals surface area contributed by atoms with Crippen LogP contribution in [0.1, 0.15) is 6.92 Å². The van der Waals surface area contributed by atoms with E-state index in [0.717, 1.165) is 0 Å². The molecule has 0 heterocycles. The van der Waals surface area contributed by atoms with E-state index in [9.17, 15) is 14.3 Å². The number of nitrogens with one attached hydrogen (secondary N) is 1. The Hall–Kier alpha value is -1.14. The lowest BCUT2D eigenvalue weighted by molar-refractivity contribution is -0.384. The van der Waals surface area contributed by atoms with Gasteiger partial charge in [0.1, 0.15) is 0 Å². The Morgan fingerprint density at radius 2 is 2.24 bits per heavy atom. The molecular weight excluding hydrogens is 264 g/mol. The van der Waals surface area contributed by atoms with E-state index in [-0.39, 0.29) is 5.69 Å². The molecule has 7 heteroatoms. The van der Waals surface area contributed by atoms with Crippen LogP contribution >= 0.6 is 11.6 Å². The van der Waals surface area contributed by atoms with E-state index in [4.69, 9.17) is 11.6 Å². The van der Waals surface area contributed by atoms with Crippen molar-refractivity contribution in [2.24, 2.45) is 0 Å². The van der Waals surface area contributed by atoms with E-state index < -0.39 is 15.7 Å². The van der Waals surface area contributed by atoms with Gasteiger partial charge in [0.05, 0.1) is 15.6 Å². The molecule has 0 aromatic heterocycles. The highest BCUT2D eigenvalue weighted by Crippen LogP contribution is 2.26. The van der Waals surface area contributed by atoms with Crippen LogP contribution in [-0.4, -0.2) is 27.2 Å². The van der Waals surface area contributed by atoms with Gasteiger partial charge in [-0.05, 0) is 6.07 Å². The number of benzene rings is 1. The number of nitro groups is 1. The zero-order valence-corrected chi connectivity index (χ0v) is 10.9. The summed E-state index contributed by atoms with van der Waals surface area (Å²) in [6.45, 7) is 2.38. The fourth-order valence-electron chi connectivity index (χ4n) is 1.20. The summed E-state index contributed by atoms with van der Waals surface area (Å²) in [6.07, 6.45) is 0. The smallest absolute Gasteiger partial charge is 0.271 e. The molecule has 0 saturated heterocycles. The fraction of sp³-hybridized carbons (Fsp3) is 0.400. The molecule has 0 bridgehead atoms. The number of hydrogen-bond acceptors (Lipinski definition) is 4. The van der Waals surface area contributed by atoms with Crippen molar-refractivity contribution in [3.63, 3.8) is 0 Å². The van der Waals surface area contributed by atoms with Crippen LogP contribution in [0.4, 0.5) is 11.4 Å². The minimum Gasteiger partial charge on any atom is -0.383 e. The number of nitrogens with zero attached hydrogens (tertiary/aromatic N) is 1. The van der Waals surface area contributed by atoms with Crippen LogP contribution in [0.2, 0.25) is 5.02 Å². The molecule has 1 atom stereocenters. The van der Waals surface area contributed by atoms with Gasteiger partial charge in [0.2, 0.25) is 0 Å². The molecule has 17 heavy (non-hydrogen) atoms. The zero-order valence-electron chi connectivity index (χ0n) is 9.31. The molecule has 1 rings (SSSR count). The normalized spacial score (nSPS) is 12.1. The molecule has 94 valence electrons. The number of halogens is 1. The number of hydrogen-bond donors (Lipinski definition) is 1. The zero-order chi connectivity index (χ0) is 12.8. The lowest BCUT2D eigenvalue weighted by Crippen LogP contribution is -2.12. The van der Waals surface area contributed by atoms with Gasteiger partial charge in [0.25, 0.3) is 5.69 Å². The van der Waals surface area contributed by atoms with Gasteiger partial charge in [-0.15, -0.1) is 0 Å². The van der Waals surface area contributed by atoms with Crippen molar-refractivity contribution in [2.45, 2.75) is 6.92 Å². The molecular formula is C10H13ClN2O3S. The third-order valence-corrected chi connectivity index (χ3v) is 3.75. The van der Waals surface area contributed by atoms with Crippen molar-refractivity contribution in [1.82, 2.24) is 0 Å². The van der Waals surface area contributed by atoms with Crippen LogP contribution in [0.25, 0.3) is 0 Å². The first-order valence-electron chi connectivity index (χ1n) is 5.07. The molecule has 5 nitrogen and oxygen atoms in total. The van der Waals surface area contributed by atoms with Gasteiger partial charge < -0.3 is 5.32 Å². The maximum atomic E-state index is 11.2. The molecule has 1 aromatic rings. The maximum Gasteiger partial charge on any atom is 0.271 e. The van der Waals surface area contributed by atoms with Gasteiger partial charge in [0, 0.05) is 41.0 Å². The molecule has 0 aliphatic carbocycles. The van der Waals surface area contributed by atoms with Crippen molar-refractivity contribution in [3.8, 4) is 0 Å². The van der Waals surface area contributed by atoms with Gasteiger partial charge in [-0.1, -0.05) is 18.5 Å². The van der Waals surface area contributed by atoms with Crippen LogP contribution in [0.5, 0.6) is 0 Å². The molecule has 0 saturated carbocycles. The third-order valence-electron chi connectivity index (χ3n) is 2.13. The SMILES string of the molecule is CCS(=O)CCNc1ccc([N+](=O)[O-])cc1Cl. The summed E-state index contributed by atoms with van der Waals surface area (Å²) in [5.41, 5.74) is 0.572. The second kappa shape index (κ2) is 6.56. The van der Waals surface area contributed by atoms with Gasteiger partial charge in [-0.25, -0.2) is 0 Å². The number of anilines is 1. The van der Waals surface area contributed by atoms with E-state index in [1.807, 2.05) is 6.92 Å². The van der Waals surface area contributed by atoms with Crippen LogP contribution < -0.4 is 5.32 Å². The van der Waals surface area contributed by atoms with Crippen LogP contribution in [0.3, 0.4) is 0 Å². The number of non-ortho nitro benzene ring substituents is 1. The van der Waals surface area contributed by atoms with Gasteiger partial charge >= 0.3 is 0 Å². The Morgan fingerprint density at radius 3 is 2.76 bits per heavy atom. The quantitative estimate of drug-likeness (QED) is 0.640. The monoisotopic (exact) mass is 276 g/mol. The minimum absolute atomic E-state index is 0.0438. The summed E-state index contributed by atoms with van der Waals surface area (Å²) in [4.78, 5) is 9.99. The molecule has 1 aromatic carbocycles. The second-order valence-electron chi connectivity index (χ2n) is 3.28. The standard InChI is InChI=1S/C10H13ClN2O3S/c1-2-17(16)6-5-12-10-4-3-8(13(14)15)7-9(10)11/h3-4,7,12H,2,5-6H2,1H3. The first kappa shape index (κ1) is 13.9. The molecule has 1 N–H and O–H groups in total. The lowest BCUT2D eigenvalue weighted by Gasteiger charge is -2.07. The van der Waals surface area contributed by atoms with E-state index in [0.29, 0.717) is 28.8 Å². The second-order valence-corrected chi connectivity index (χ2v) is 5.55. The molecule has 0 aliphatic heterocycles. The molecule has 0 amide bonds. The van der Waals surface area contributed by atoms with E-state index in [1.54, 1.807) is 6.07 Å². The Labute approximate surface area is 107 Å². The Balaban J connectivity index is 2.60. The predicted molar refractivity (Wildman–Crippen MR) is 70.1 cm³/mol. The topological polar surface area (TPSA) is 72.2 Å². The van der Waals surface area contributed by atoms with E-state index >= 15 is 0 Å². The molecule has 0 aliphatic rings. The fourth-order valence-corrected chi connectivity index (χ4v) is 2.06. The van der Waals surface area contributed by atoms with Gasteiger partial charge in [-0.2, -0.15) is 0 Å². The summed E-state index contributed by atoms with van der Waals surface area (Å²) < 4.78 is 11.2. The minimum atomic E-state index is -0.833. The van der Waals surface area contributed by atoms with Gasteiger partial charge in [0.15, 0.2) is 0 Å². The highest BCUT2D eigenvalue weighted by Gasteiger charge is 2.09. The first-order valence-corrected chi connectivity index (χ1v) is 6.94. The van der Waals surface area contributed by atoms with Crippen LogP contribution in [0, 0.1) is 10.1 Å². The summed E-state index contributed by atoms with van der Waals surface area (Å²) >= 11 is 5.88. The van der Waals surface area contributed by atoms with Crippen LogP contribution in [0.15, 0.2) is 18.2 Å². The van der Waals surface area contributed by atoms with Crippen LogP contribution in [-0.2, 0) is 10.8 Å². The lowest BCUT2D eigenvalue weighted by atomic mass is 10.3. The highest BCUT2D eigenvalue weighted by molar-refractivity contribution is 7.84. The van der Waals surface area contributed by atoms with Crippen molar-refractivity contribution in [3.05, 3.63) is 33.3 Å². The van der Waals surface area contributed by atoms with E-state index in [2.05, 4.69) is 5.32 Å². The van der Waals surface area contributed by atoms with Crippen molar-refractivity contribution in [1.29, 1.82) is 0 Å². The Bertz CT molecular complexity index is 440. The summed E-state index contributed by atoms with van der Waals surface area (Å²) in [7, 11) is -0.833. The predicted octanol–water partition coefficient (Wildman–Crippen LogP) is 2.43. The van der Waals surface area contributed by atoms with Gasteiger partial charge in [-0.3, -0.25) is 14.3 Å². The molecule has 0 radical (unpaired) electrons. The molecule has 0 fully saturated rings. The summed E-state index contributed by atoms with van der Waals surface area (Å²) in [5.74, 6) is 1.15.